The van der Waals surface area contributed by atoms with Gasteiger partial charge < -0.3 is 10.6 Å². The van der Waals surface area contributed by atoms with Crippen LogP contribution < -0.4 is 10.6 Å². The lowest BCUT2D eigenvalue weighted by Crippen LogP contribution is -2.39. The molecular formula is C19H21F3N2O. The fraction of sp³-hybridized carbons (Fsp3) is 0.316. The Morgan fingerprint density at radius 2 is 1.64 bits per heavy atom. The molecule has 2 N–H and O–H groups in total. The molecule has 6 heteroatoms. The fourth-order valence-corrected chi connectivity index (χ4v) is 2.36. The minimum absolute atomic E-state index is 0.0977. The van der Waals surface area contributed by atoms with Gasteiger partial charge in [-0.05, 0) is 30.7 Å². The lowest BCUT2D eigenvalue weighted by molar-refractivity contribution is -0.137. The van der Waals surface area contributed by atoms with Crippen molar-refractivity contribution in [3.63, 3.8) is 0 Å². The Morgan fingerprint density at radius 1 is 1.00 bits per heavy atom. The van der Waals surface area contributed by atoms with Crippen molar-refractivity contribution in [2.45, 2.75) is 32.4 Å². The summed E-state index contributed by atoms with van der Waals surface area (Å²) < 4.78 is 38.1. The number of anilines is 1. The number of hydrogen-bond acceptors (Lipinski definition) is 1. The summed E-state index contributed by atoms with van der Waals surface area (Å²) in [4.78, 5) is 12.0. The molecule has 2 amide bonds. The second-order valence-corrected chi connectivity index (χ2v) is 6.64. The van der Waals surface area contributed by atoms with Crippen LogP contribution in [0.1, 0.15) is 30.5 Å². The van der Waals surface area contributed by atoms with Crippen LogP contribution in [0.25, 0.3) is 0 Å². The normalized spacial score (nSPS) is 11.9. The van der Waals surface area contributed by atoms with Gasteiger partial charge in [-0.2, -0.15) is 13.2 Å². The number of aryl methyl sites for hydroxylation is 1. The third kappa shape index (κ3) is 5.24. The first-order valence-electron chi connectivity index (χ1n) is 7.87. The van der Waals surface area contributed by atoms with Gasteiger partial charge in [-0.1, -0.05) is 49.7 Å². The van der Waals surface area contributed by atoms with E-state index in [-0.39, 0.29) is 11.1 Å². The number of benzene rings is 2. The van der Waals surface area contributed by atoms with Gasteiger partial charge in [0.25, 0.3) is 0 Å². The molecule has 0 saturated carbocycles. The van der Waals surface area contributed by atoms with Crippen molar-refractivity contribution in [3.8, 4) is 0 Å². The largest absolute Gasteiger partial charge is 0.416 e. The summed E-state index contributed by atoms with van der Waals surface area (Å²) in [5.74, 6) is 0. The van der Waals surface area contributed by atoms with Crippen molar-refractivity contribution in [2.75, 3.05) is 11.9 Å². The molecule has 0 spiro atoms. The molecule has 0 aliphatic heterocycles. The number of rotatable bonds is 4. The monoisotopic (exact) mass is 350 g/mol. The molecule has 0 atom stereocenters. The highest BCUT2D eigenvalue weighted by Gasteiger charge is 2.30. The van der Waals surface area contributed by atoms with E-state index in [4.69, 9.17) is 0 Å². The molecule has 0 aliphatic carbocycles. The maximum Gasteiger partial charge on any atom is 0.416 e. The average molecular weight is 350 g/mol. The van der Waals surface area contributed by atoms with Crippen molar-refractivity contribution in [3.05, 3.63) is 65.2 Å². The second-order valence-electron chi connectivity index (χ2n) is 6.64. The first kappa shape index (κ1) is 18.8. The van der Waals surface area contributed by atoms with Crippen molar-refractivity contribution in [1.29, 1.82) is 0 Å². The SMILES string of the molecule is Cc1ccc(C(C)(C)CNC(=O)Nc2cccc(C(F)(F)F)c2)cc1. The summed E-state index contributed by atoms with van der Waals surface area (Å²) in [5, 5.41) is 5.15. The summed E-state index contributed by atoms with van der Waals surface area (Å²) >= 11 is 0. The number of amides is 2. The molecule has 0 heterocycles. The van der Waals surface area contributed by atoms with Gasteiger partial charge in [0.1, 0.15) is 0 Å². The van der Waals surface area contributed by atoms with Gasteiger partial charge in [-0.25, -0.2) is 4.79 Å². The van der Waals surface area contributed by atoms with E-state index in [1.165, 1.54) is 12.1 Å². The standard InChI is InChI=1S/C19H21F3N2O/c1-13-7-9-14(10-8-13)18(2,3)12-23-17(25)24-16-6-4-5-15(11-16)19(20,21)22/h4-11H,12H2,1-3H3,(H2,23,24,25). The van der Waals surface area contributed by atoms with Crippen LogP contribution in [0.15, 0.2) is 48.5 Å². The molecule has 0 saturated heterocycles. The molecular weight excluding hydrogens is 329 g/mol. The van der Waals surface area contributed by atoms with Crippen LogP contribution in [0.4, 0.5) is 23.7 Å². The summed E-state index contributed by atoms with van der Waals surface area (Å²) in [6.45, 7) is 6.32. The van der Waals surface area contributed by atoms with E-state index in [1.54, 1.807) is 0 Å². The Bertz CT molecular complexity index is 737. The molecule has 0 unspecified atom stereocenters. The number of carbonyl (C=O) groups is 1. The molecule has 134 valence electrons. The van der Waals surface area contributed by atoms with Crippen LogP contribution >= 0.6 is 0 Å². The number of urea groups is 1. The highest BCUT2D eigenvalue weighted by Crippen LogP contribution is 2.30. The molecule has 3 nitrogen and oxygen atoms in total. The van der Waals surface area contributed by atoms with E-state index < -0.39 is 17.8 Å². The van der Waals surface area contributed by atoms with Crippen LogP contribution in [0.5, 0.6) is 0 Å². The van der Waals surface area contributed by atoms with Crippen molar-refractivity contribution >= 4 is 11.7 Å². The number of nitrogens with one attached hydrogen (secondary N) is 2. The molecule has 0 fully saturated rings. The summed E-state index contributed by atoms with van der Waals surface area (Å²) in [6.07, 6.45) is -4.44. The van der Waals surface area contributed by atoms with Gasteiger partial charge in [-0.15, -0.1) is 0 Å². The van der Waals surface area contributed by atoms with Gasteiger partial charge in [-0.3, -0.25) is 0 Å². The quantitative estimate of drug-likeness (QED) is 0.790. The zero-order valence-electron chi connectivity index (χ0n) is 14.4. The second kappa shape index (κ2) is 7.17. The van der Waals surface area contributed by atoms with Gasteiger partial charge >= 0.3 is 12.2 Å². The fourth-order valence-electron chi connectivity index (χ4n) is 2.36. The van der Waals surface area contributed by atoms with Crippen LogP contribution in [0.3, 0.4) is 0 Å². The molecule has 0 bridgehead atoms. The highest BCUT2D eigenvalue weighted by atomic mass is 19.4. The van der Waals surface area contributed by atoms with Crippen LogP contribution in [0.2, 0.25) is 0 Å². The Balaban J connectivity index is 1.97. The Kier molecular flexibility index (Phi) is 5.40. The van der Waals surface area contributed by atoms with Crippen molar-refractivity contribution < 1.29 is 18.0 Å². The minimum atomic E-state index is -4.44. The molecule has 25 heavy (non-hydrogen) atoms. The summed E-state index contributed by atoms with van der Waals surface area (Å²) in [5.41, 5.74) is 1.21. The van der Waals surface area contributed by atoms with Gasteiger partial charge in [0, 0.05) is 17.6 Å². The van der Waals surface area contributed by atoms with E-state index in [2.05, 4.69) is 10.6 Å². The topological polar surface area (TPSA) is 41.1 Å². The first-order valence-corrected chi connectivity index (χ1v) is 7.87. The summed E-state index contributed by atoms with van der Waals surface area (Å²) in [6, 6.07) is 12.0. The molecule has 2 rings (SSSR count). The summed E-state index contributed by atoms with van der Waals surface area (Å²) in [7, 11) is 0. The third-order valence-corrected chi connectivity index (χ3v) is 3.97. The molecule has 0 aromatic heterocycles. The number of hydrogen-bond donors (Lipinski definition) is 2. The maximum absolute atomic E-state index is 12.7. The van der Waals surface area contributed by atoms with Gasteiger partial charge in [0.15, 0.2) is 0 Å². The first-order chi connectivity index (χ1) is 11.6. The van der Waals surface area contributed by atoms with Crippen molar-refractivity contribution in [1.82, 2.24) is 5.32 Å². The molecule has 0 aliphatic rings. The van der Waals surface area contributed by atoms with E-state index in [0.29, 0.717) is 6.54 Å². The maximum atomic E-state index is 12.7. The van der Waals surface area contributed by atoms with Crippen LogP contribution in [0, 0.1) is 6.92 Å². The number of halogens is 3. The zero-order chi connectivity index (χ0) is 18.7. The predicted octanol–water partition coefficient (Wildman–Crippen LogP) is 5.11. The van der Waals surface area contributed by atoms with Gasteiger partial charge in [0.05, 0.1) is 5.56 Å². The molecule has 0 radical (unpaired) electrons. The third-order valence-electron chi connectivity index (χ3n) is 3.97. The predicted molar refractivity (Wildman–Crippen MR) is 92.7 cm³/mol. The van der Waals surface area contributed by atoms with E-state index in [0.717, 1.165) is 23.3 Å². The lowest BCUT2D eigenvalue weighted by Gasteiger charge is -2.26. The molecule has 2 aromatic carbocycles. The Labute approximate surface area is 145 Å². The zero-order valence-corrected chi connectivity index (χ0v) is 14.4. The Hall–Kier alpha value is -2.50. The average Bonchev–Trinajstić information content (AvgIpc) is 2.53. The Morgan fingerprint density at radius 3 is 2.24 bits per heavy atom. The van der Waals surface area contributed by atoms with Crippen LogP contribution in [-0.4, -0.2) is 12.6 Å². The lowest BCUT2D eigenvalue weighted by atomic mass is 9.84. The minimum Gasteiger partial charge on any atom is -0.337 e. The number of carbonyl (C=O) groups excluding carboxylic acids is 1. The van der Waals surface area contributed by atoms with E-state index in [1.807, 2.05) is 45.0 Å². The van der Waals surface area contributed by atoms with Crippen molar-refractivity contribution in [2.24, 2.45) is 0 Å². The van der Waals surface area contributed by atoms with Crippen LogP contribution in [-0.2, 0) is 11.6 Å². The highest BCUT2D eigenvalue weighted by molar-refractivity contribution is 5.89. The van der Waals surface area contributed by atoms with E-state index >= 15 is 0 Å². The number of alkyl halides is 3. The van der Waals surface area contributed by atoms with Gasteiger partial charge in [0.2, 0.25) is 0 Å². The van der Waals surface area contributed by atoms with E-state index in [9.17, 15) is 18.0 Å². The molecule has 2 aromatic rings. The smallest absolute Gasteiger partial charge is 0.337 e.